The summed E-state index contributed by atoms with van der Waals surface area (Å²) in [5.41, 5.74) is 0.208. The first kappa shape index (κ1) is 18.2. The Morgan fingerprint density at radius 3 is 2.44 bits per heavy atom. The monoisotopic (exact) mass is 346 g/mol. The molecule has 2 aliphatic carbocycles. The zero-order valence-electron chi connectivity index (χ0n) is 15.7. The molecule has 1 amide bonds. The second-order valence-corrected chi connectivity index (χ2v) is 8.97. The zero-order chi connectivity index (χ0) is 18.2. The van der Waals surface area contributed by atoms with E-state index in [0.29, 0.717) is 24.2 Å². The van der Waals surface area contributed by atoms with Gasteiger partial charge in [-0.25, -0.2) is 0 Å². The van der Waals surface area contributed by atoms with Crippen molar-refractivity contribution in [1.82, 2.24) is 4.90 Å². The van der Waals surface area contributed by atoms with Gasteiger partial charge in [-0.3, -0.25) is 9.59 Å². The fourth-order valence-corrected chi connectivity index (χ4v) is 5.54. The Labute approximate surface area is 150 Å². The lowest BCUT2D eigenvalue weighted by molar-refractivity contribution is -0.146. The summed E-state index contributed by atoms with van der Waals surface area (Å²) in [5.74, 6) is 1.65. The van der Waals surface area contributed by atoms with Crippen molar-refractivity contribution < 1.29 is 14.3 Å². The molecule has 5 nitrogen and oxygen atoms in total. The highest BCUT2D eigenvalue weighted by atomic mass is 16.5. The standard InChI is InChI=1S/C20H30N2O3/c1-13-6-17(11-21)22(12-13)19(24)4-5-20(3)9-15-7-18(25-14(2)23)8-16(15)10-20/h13,15-18H,4-10,12H2,1-3H3/t13-,15-,16+,17-,18?,20?/m0/s1. The van der Waals surface area contributed by atoms with Gasteiger partial charge in [0, 0.05) is 19.9 Å². The van der Waals surface area contributed by atoms with Crippen molar-refractivity contribution in [2.24, 2.45) is 23.2 Å². The quantitative estimate of drug-likeness (QED) is 0.732. The van der Waals surface area contributed by atoms with Gasteiger partial charge in [0.15, 0.2) is 0 Å². The second kappa shape index (κ2) is 6.97. The molecule has 6 atom stereocenters. The molecule has 2 saturated carbocycles. The lowest BCUT2D eigenvalue weighted by Gasteiger charge is -2.27. The van der Waals surface area contributed by atoms with Crippen LogP contribution in [0.3, 0.4) is 0 Å². The molecule has 138 valence electrons. The highest BCUT2D eigenvalue weighted by molar-refractivity contribution is 5.77. The highest BCUT2D eigenvalue weighted by Gasteiger charge is 2.48. The Bertz CT molecular complexity index is 568. The van der Waals surface area contributed by atoms with Crippen LogP contribution >= 0.6 is 0 Å². The molecule has 0 aromatic rings. The van der Waals surface area contributed by atoms with Gasteiger partial charge < -0.3 is 9.64 Å². The number of hydrogen-bond donors (Lipinski definition) is 0. The number of rotatable bonds is 4. The molecule has 0 aromatic carbocycles. The maximum Gasteiger partial charge on any atom is 0.302 e. The molecule has 3 aliphatic rings. The molecular weight excluding hydrogens is 316 g/mol. The topological polar surface area (TPSA) is 70.4 Å². The summed E-state index contributed by atoms with van der Waals surface area (Å²) in [6, 6.07) is 2.05. The van der Waals surface area contributed by atoms with E-state index in [1.54, 1.807) is 4.90 Å². The molecular formula is C20H30N2O3. The number of nitrogens with zero attached hydrogens (tertiary/aromatic N) is 2. The molecule has 25 heavy (non-hydrogen) atoms. The molecule has 1 heterocycles. The third-order valence-electron chi connectivity index (χ3n) is 6.56. The molecule has 5 heteroatoms. The molecule has 0 radical (unpaired) electrons. The van der Waals surface area contributed by atoms with Crippen molar-refractivity contribution >= 4 is 11.9 Å². The minimum absolute atomic E-state index is 0.0983. The van der Waals surface area contributed by atoms with Crippen LogP contribution in [0.2, 0.25) is 0 Å². The summed E-state index contributed by atoms with van der Waals surface area (Å²) in [6.07, 6.45) is 6.57. The number of carbonyl (C=O) groups is 2. The average Bonchev–Trinajstić information content (AvgIpc) is 3.15. The Morgan fingerprint density at radius 2 is 1.88 bits per heavy atom. The van der Waals surface area contributed by atoms with E-state index in [1.165, 1.54) is 6.92 Å². The zero-order valence-corrected chi connectivity index (χ0v) is 15.7. The molecule has 0 N–H and O–H groups in total. The normalized spacial score (nSPS) is 39.9. The van der Waals surface area contributed by atoms with Crippen LogP contribution in [0.5, 0.6) is 0 Å². The van der Waals surface area contributed by atoms with Crippen LogP contribution in [-0.4, -0.2) is 35.5 Å². The summed E-state index contributed by atoms with van der Waals surface area (Å²) in [6.45, 7) is 6.62. The number of hydrogen-bond acceptors (Lipinski definition) is 4. The molecule has 3 rings (SSSR count). The first-order chi connectivity index (χ1) is 11.8. The molecule has 0 aromatic heterocycles. The van der Waals surface area contributed by atoms with Gasteiger partial charge in [0.25, 0.3) is 0 Å². The van der Waals surface area contributed by atoms with E-state index >= 15 is 0 Å². The second-order valence-electron chi connectivity index (χ2n) is 8.97. The van der Waals surface area contributed by atoms with Gasteiger partial charge in [-0.05, 0) is 61.7 Å². The third-order valence-corrected chi connectivity index (χ3v) is 6.56. The Balaban J connectivity index is 1.49. The highest BCUT2D eigenvalue weighted by Crippen LogP contribution is 2.55. The predicted octanol–water partition coefficient (Wildman–Crippen LogP) is 3.29. The van der Waals surface area contributed by atoms with Crippen LogP contribution < -0.4 is 0 Å². The van der Waals surface area contributed by atoms with Crippen molar-refractivity contribution in [3.05, 3.63) is 0 Å². The van der Waals surface area contributed by atoms with Crippen LogP contribution in [0.15, 0.2) is 0 Å². The van der Waals surface area contributed by atoms with Crippen LogP contribution in [0, 0.1) is 34.5 Å². The lowest BCUT2D eigenvalue weighted by atomic mass is 9.81. The summed E-state index contributed by atoms with van der Waals surface area (Å²) < 4.78 is 5.39. The van der Waals surface area contributed by atoms with Crippen LogP contribution in [0.25, 0.3) is 0 Å². The summed E-state index contributed by atoms with van der Waals surface area (Å²) >= 11 is 0. The van der Waals surface area contributed by atoms with Crippen molar-refractivity contribution in [1.29, 1.82) is 5.26 Å². The molecule has 2 unspecified atom stereocenters. The number of ether oxygens (including phenoxy) is 1. The molecule has 0 spiro atoms. The van der Waals surface area contributed by atoms with Gasteiger partial charge in [-0.1, -0.05) is 13.8 Å². The van der Waals surface area contributed by atoms with E-state index in [0.717, 1.165) is 45.1 Å². The van der Waals surface area contributed by atoms with Gasteiger partial charge in [-0.15, -0.1) is 0 Å². The van der Waals surface area contributed by atoms with Crippen molar-refractivity contribution in [2.75, 3.05) is 6.54 Å². The Kier molecular flexibility index (Phi) is 5.09. The van der Waals surface area contributed by atoms with E-state index in [4.69, 9.17) is 4.74 Å². The van der Waals surface area contributed by atoms with Gasteiger partial charge in [0.2, 0.25) is 5.91 Å². The van der Waals surface area contributed by atoms with Gasteiger partial charge >= 0.3 is 5.97 Å². The lowest BCUT2D eigenvalue weighted by Crippen LogP contribution is -2.35. The van der Waals surface area contributed by atoms with E-state index in [1.807, 2.05) is 0 Å². The number of nitriles is 1. The van der Waals surface area contributed by atoms with E-state index in [2.05, 4.69) is 19.9 Å². The number of esters is 1. The number of amides is 1. The number of fused-ring (bicyclic) bond motifs is 1. The number of carbonyl (C=O) groups excluding carboxylic acids is 2. The Hall–Kier alpha value is -1.57. The van der Waals surface area contributed by atoms with Crippen molar-refractivity contribution in [3.8, 4) is 6.07 Å². The SMILES string of the molecule is CC(=O)OC1C[C@@H]2CC(C)(CCC(=O)N3C[C@@H](C)C[C@H]3C#N)C[C@@H]2C1. The third kappa shape index (κ3) is 3.99. The van der Waals surface area contributed by atoms with E-state index < -0.39 is 0 Å². The average molecular weight is 346 g/mol. The van der Waals surface area contributed by atoms with Crippen LogP contribution in [-0.2, 0) is 14.3 Å². The fraction of sp³-hybridized carbons (Fsp3) is 0.850. The van der Waals surface area contributed by atoms with Crippen LogP contribution in [0.4, 0.5) is 0 Å². The molecule has 0 bridgehead atoms. The van der Waals surface area contributed by atoms with Crippen molar-refractivity contribution in [2.45, 2.75) is 77.9 Å². The van der Waals surface area contributed by atoms with Crippen LogP contribution in [0.1, 0.15) is 65.7 Å². The largest absolute Gasteiger partial charge is 0.463 e. The number of likely N-dealkylation sites (tertiary alicyclic amines) is 1. The van der Waals surface area contributed by atoms with Crippen molar-refractivity contribution in [3.63, 3.8) is 0 Å². The Morgan fingerprint density at radius 1 is 1.24 bits per heavy atom. The summed E-state index contributed by atoms with van der Waals surface area (Å²) in [5, 5.41) is 9.25. The summed E-state index contributed by atoms with van der Waals surface area (Å²) in [7, 11) is 0. The fourth-order valence-electron chi connectivity index (χ4n) is 5.54. The maximum absolute atomic E-state index is 12.6. The van der Waals surface area contributed by atoms with Gasteiger partial charge in [0.1, 0.15) is 12.1 Å². The first-order valence-corrected chi connectivity index (χ1v) is 9.66. The predicted molar refractivity (Wildman–Crippen MR) is 93.2 cm³/mol. The van der Waals surface area contributed by atoms with Gasteiger partial charge in [0.05, 0.1) is 6.07 Å². The first-order valence-electron chi connectivity index (χ1n) is 9.66. The minimum Gasteiger partial charge on any atom is -0.463 e. The minimum atomic E-state index is -0.234. The summed E-state index contributed by atoms with van der Waals surface area (Å²) in [4.78, 5) is 25.5. The maximum atomic E-state index is 12.6. The van der Waals surface area contributed by atoms with E-state index in [-0.39, 0.29) is 29.4 Å². The molecule has 1 saturated heterocycles. The van der Waals surface area contributed by atoms with E-state index in [9.17, 15) is 14.9 Å². The molecule has 3 fully saturated rings. The van der Waals surface area contributed by atoms with Gasteiger partial charge in [-0.2, -0.15) is 5.26 Å². The smallest absolute Gasteiger partial charge is 0.302 e. The molecule has 1 aliphatic heterocycles.